The largest absolute Gasteiger partial charge is 0.465 e. The van der Waals surface area contributed by atoms with Gasteiger partial charge in [0.05, 0.1) is 13.4 Å². The molecule has 0 aliphatic heterocycles. The highest BCUT2D eigenvalue weighted by Crippen LogP contribution is 2.64. The number of hydrogen-bond acceptors (Lipinski definition) is 5. The molecule has 0 amide bonds. The third-order valence-electron chi connectivity index (χ3n) is 3.19. The van der Waals surface area contributed by atoms with Crippen LogP contribution >= 0.6 is 23.2 Å². The minimum Gasteiger partial charge on any atom is -0.465 e. The van der Waals surface area contributed by atoms with Gasteiger partial charge in [0, 0.05) is 6.42 Å². The van der Waals surface area contributed by atoms with Crippen molar-refractivity contribution in [3.05, 3.63) is 23.7 Å². The van der Waals surface area contributed by atoms with E-state index in [1.807, 2.05) is 0 Å². The van der Waals surface area contributed by atoms with Gasteiger partial charge in [-0.25, -0.2) is 4.79 Å². The summed E-state index contributed by atoms with van der Waals surface area (Å²) in [4.78, 5) is 23.2. The van der Waals surface area contributed by atoms with Crippen molar-refractivity contribution in [2.45, 2.75) is 24.3 Å². The predicted octanol–water partition coefficient (Wildman–Crippen LogP) is 2.69. The Balaban J connectivity index is 1.99. The Bertz CT molecular complexity index is 522. The van der Waals surface area contributed by atoms with Crippen LogP contribution in [0, 0.1) is 5.41 Å². The Kier molecular flexibility index (Phi) is 3.53. The summed E-state index contributed by atoms with van der Waals surface area (Å²) >= 11 is 11.8. The fourth-order valence-electron chi connectivity index (χ4n) is 1.66. The van der Waals surface area contributed by atoms with E-state index >= 15 is 0 Å². The monoisotopic (exact) mass is 306 g/mol. The highest BCUT2D eigenvalue weighted by Gasteiger charge is 2.69. The van der Waals surface area contributed by atoms with Crippen molar-refractivity contribution in [2.75, 3.05) is 7.11 Å². The summed E-state index contributed by atoms with van der Waals surface area (Å²) in [7, 11) is 1.26. The molecule has 1 unspecified atom stereocenters. The van der Waals surface area contributed by atoms with E-state index in [1.54, 1.807) is 6.92 Å². The topological polar surface area (TPSA) is 65.7 Å². The molecule has 1 aliphatic carbocycles. The van der Waals surface area contributed by atoms with Crippen LogP contribution in [0.3, 0.4) is 0 Å². The molecule has 0 spiro atoms. The lowest BCUT2D eigenvalue weighted by molar-refractivity contribution is -0.151. The molecule has 104 valence electrons. The van der Waals surface area contributed by atoms with Crippen molar-refractivity contribution >= 4 is 35.1 Å². The second-order valence-electron chi connectivity index (χ2n) is 4.54. The van der Waals surface area contributed by atoms with Crippen molar-refractivity contribution in [1.29, 1.82) is 0 Å². The highest BCUT2D eigenvalue weighted by atomic mass is 35.5. The number of halogens is 2. The summed E-state index contributed by atoms with van der Waals surface area (Å²) < 4.78 is 13.6. The molecule has 0 saturated heterocycles. The lowest BCUT2D eigenvalue weighted by Gasteiger charge is -2.11. The second kappa shape index (κ2) is 4.72. The number of carbonyl (C=O) groups excluding carboxylic acids is 2. The Morgan fingerprint density at radius 1 is 1.47 bits per heavy atom. The van der Waals surface area contributed by atoms with Crippen LogP contribution in [-0.2, 0) is 20.9 Å². The van der Waals surface area contributed by atoms with E-state index in [9.17, 15) is 9.59 Å². The van der Waals surface area contributed by atoms with Crippen LogP contribution in [0.2, 0.25) is 0 Å². The van der Waals surface area contributed by atoms with E-state index in [0.717, 1.165) is 0 Å². The van der Waals surface area contributed by atoms with Crippen LogP contribution in [0.4, 0.5) is 0 Å². The van der Waals surface area contributed by atoms with Crippen molar-refractivity contribution < 1.29 is 23.5 Å². The van der Waals surface area contributed by atoms with Crippen LogP contribution in [0.25, 0.3) is 0 Å². The number of carbonyl (C=O) groups is 2. The molecule has 1 aromatic heterocycles. The Hall–Kier alpha value is -1.20. The number of ether oxygens (including phenoxy) is 2. The van der Waals surface area contributed by atoms with E-state index < -0.39 is 21.7 Å². The summed E-state index contributed by atoms with van der Waals surface area (Å²) in [6, 6.07) is 1.45. The summed E-state index contributed by atoms with van der Waals surface area (Å²) in [6.07, 6.45) is 1.66. The van der Waals surface area contributed by atoms with E-state index in [4.69, 9.17) is 32.4 Å². The molecule has 0 radical (unpaired) electrons. The Morgan fingerprint density at radius 2 is 2.11 bits per heavy atom. The minimum absolute atomic E-state index is 0.171. The first-order chi connectivity index (χ1) is 8.82. The van der Waals surface area contributed by atoms with Crippen molar-refractivity contribution in [3.8, 4) is 0 Å². The average Bonchev–Trinajstić information content (AvgIpc) is 2.75. The van der Waals surface area contributed by atoms with Gasteiger partial charge in [-0.3, -0.25) is 4.79 Å². The zero-order valence-corrected chi connectivity index (χ0v) is 11.9. The highest BCUT2D eigenvalue weighted by molar-refractivity contribution is 6.53. The van der Waals surface area contributed by atoms with E-state index in [2.05, 4.69) is 4.74 Å². The van der Waals surface area contributed by atoms with Crippen molar-refractivity contribution in [2.24, 2.45) is 5.41 Å². The van der Waals surface area contributed by atoms with Gasteiger partial charge in [0.2, 0.25) is 0 Å². The second-order valence-corrected chi connectivity index (χ2v) is 6.02. The minimum atomic E-state index is -1.08. The molecule has 1 atom stereocenters. The molecule has 0 bridgehead atoms. The number of rotatable bonds is 4. The smallest absolute Gasteiger partial charge is 0.341 e. The van der Waals surface area contributed by atoms with Crippen LogP contribution in [0.5, 0.6) is 0 Å². The van der Waals surface area contributed by atoms with E-state index in [-0.39, 0.29) is 17.9 Å². The van der Waals surface area contributed by atoms with E-state index in [0.29, 0.717) is 6.42 Å². The van der Waals surface area contributed by atoms with Gasteiger partial charge in [0.25, 0.3) is 0 Å². The first kappa shape index (κ1) is 14.2. The van der Waals surface area contributed by atoms with Gasteiger partial charge in [-0.15, -0.1) is 23.2 Å². The van der Waals surface area contributed by atoms with Gasteiger partial charge in [0.1, 0.15) is 21.9 Å². The molecule has 7 heteroatoms. The molecule has 1 heterocycles. The zero-order chi connectivity index (χ0) is 14.3. The number of furan rings is 1. The van der Waals surface area contributed by atoms with Crippen LogP contribution in [0.15, 0.2) is 16.7 Å². The quantitative estimate of drug-likeness (QED) is 0.632. The molecule has 0 aromatic carbocycles. The fourth-order valence-corrected chi connectivity index (χ4v) is 2.34. The average molecular weight is 307 g/mol. The molecule has 1 aliphatic rings. The van der Waals surface area contributed by atoms with Gasteiger partial charge in [-0.1, -0.05) is 0 Å². The molecular weight excluding hydrogens is 295 g/mol. The van der Waals surface area contributed by atoms with Gasteiger partial charge < -0.3 is 13.9 Å². The number of methoxy groups -OCH3 is 1. The van der Waals surface area contributed by atoms with Crippen LogP contribution < -0.4 is 0 Å². The third-order valence-corrected chi connectivity index (χ3v) is 4.29. The van der Waals surface area contributed by atoms with Gasteiger partial charge in [0.15, 0.2) is 5.76 Å². The summed E-state index contributed by atoms with van der Waals surface area (Å²) in [6.45, 7) is 1.45. The SMILES string of the molecule is COC(=O)c1ccoc1COC(=O)C1(C)CC1(Cl)Cl. The maximum Gasteiger partial charge on any atom is 0.341 e. The van der Waals surface area contributed by atoms with Gasteiger partial charge >= 0.3 is 11.9 Å². The summed E-state index contributed by atoms with van der Waals surface area (Å²) in [5.74, 6) is -0.856. The summed E-state index contributed by atoms with van der Waals surface area (Å²) in [5.41, 5.74) is -0.687. The van der Waals surface area contributed by atoms with Gasteiger partial charge in [-0.05, 0) is 13.0 Å². The van der Waals surface area contributed by atoms with Crippen LogP contribution in [0.1, 0.15) is 29.5 Å². The lowest BCUT2D eigenvalue weighted by Crippen LogP contribution is -2.21. The molecule has 1 saturated carbocycles. The molecular formula is C12H12Cl2O5. The lowest BCUT2D eigenvalue weighted by atomic mass is 10.1. The summed E-state index contributed by atoms with van der Waals surface area (Å²) in [5, 5.41) is 0. The fraction of sp³-hybridized carbons (Fsp3) is 0.500. The molecule has 2 rings (SSSR count). The van der Waals surface area contributed by atoms with E-state index in [1.165, 1.54) is 19.4 Å². The predicted molar refractivity (Wildman–Crippen MR) is 67.0 cm³/mol. The maximum absolute atomic E-state index is 11.8. The molecule has 1 aromatic rings. The number of alkyl halides is 2. The molecule has 5 nitrogen and oxygen atoms in total. The van der Waals surface area contributed by atoms with Crippen molar-refractivity contribution in [3.63, 3.8) is 0 Å². The standard InChI is InChI=1S/C12H12Cl2O5/c1-11(6-12(11,13)14)10(16)19-5-8-7(3-4-18-8)9(15)17-2/h3-4H,5-6H2,1-2H3. The first-order valence-electron chi connectivity index (χ1n) is 5.51. The number of hydrogen-bond donors (Lipinski definition) is 0. The zero-order valence-electron chi connectivity index (χ0n) is 10.4. The third kappa shape index (κ3) is 2.44. The number of esters is 2. The molecule has 19 heavy (non-hydrogen) atoms. The van der Waals surface area contributed by atoms with Crippen molar-refractivity contribution in [1.82, 2.24) is 0 Å². The Labute approximate surface area is 119 Å². The molecule has 1 fully saturated rings. The van der Waals surface area contributed by atoms with Crippen LogP contribution in [-0.4, -0.2) is 23.4 Å². The van der Waals surface area contributed by atoms with Gasteiger partial charge in [-0.2, -0.15) is 0 Å². The first-order valence-corrected chi connectivity index (χ1v) is 6.27. The Morgan fingerprint density at radius 3 is 2.63 bits per heavy atom. The maximum atomic E-state index is 11.8. The molecule has 0 N–H and O–H groups in total. The normalized spacial score (nSPS) is 23.8.